The molecule has 1 aliphatic carbocycles. The minimum absolute atomic E-state index is 0.0324. The van der Waals surface area contributed by atoms with Crippen molar-refractivity contribution >= 4 is 11.5 Å². The van der Waals surface area contributed by atoms with Gasteiger partial charge in [-0.2, -0.15) is 0 Å². The van der Waals surface area contributed by atoms with Gasteiger partial charge in [-0.1, -0.05) is 55.5 Å². The molecule has 1 fully saturated rings. The number of nitrogens with one attached hydrogen (secondary N) is 1. The highest BCUT2D eigenvalue weighted by Gasteiger charge is 2.53. The van der Waals surface area contributed by atoms with E-state index in [1.807, 2.05) is 24.3 Å². The fourth-order valence-corrected chi connectivity index (χ4v) is 3.71. The molecule has 1 aliphatic heterocycles. The van der Waals surface area contributed by atoms with Gasteiger partial charge in [0.15, 0.2) is 0 Å². The molecule has 1 N–H and O–H groups in total. The van der Waals surface area contributed by atoms with Crippen LogP contribution >= 0.6 is 0 Å². The zero-order chi connectivity index (χ0) is 15.2. The average molecular weight is 289 g/mol. The molecule has 1 amide bonds. The Balaban J connectivity index is 1.93. The third-order valence-corrected chi connectivity index (χ3v) is 4.93. The molecule has 0 unspecified atom stereocenters. The molecular weight excluding hydrogens is 270 g/mol. The first-order valence-electron chi connectivity index (χ1n) is 7.96. The number of hydrogen-bond donors (Lipinski definition) is 1. The SMILES string of the molecule is CC/C(=C1\NC(=O)c2ccccc2C12CC2)c1ccccc1. The molecule has 0 saturated heterocycles. The van der Waals surface area contributed by atoms with Crippen molar-refractivity contribution in [2.45, 2.75) is 31.6 Å². The summed E-state index contributed by atoms with van der Waals surface area (Å²) in [6.45, 7) is 2.16. The second-order valence-electron chi connectivity index (χ2n) is 6.15. The van der Waals surface area contributed by atoms with Crippen molar-refractivity contribution in [3.8, 4) is 0 Å². The van der Waals surface area contributed by atoms with Crippen molar-refractivity contribution in [3.63, 3.8) is 0 Å². The molecule has 2 heteroatoms. The van der Waals surface area contributed by atoms with Crippen molar-refractivity contribution < 1.29 is 4.79 Å². The van der Waals surface area contributed by atoms with Crippen molar-refractivity contribution in [2.24, 2.45) is 0 Å². The zero-order valence-corrected chi connectivity index (χ0v) is 12.7. The van der Waals surface area contributed by atoms with Gasteiger partial charge in [0.05, 0.1) is 0 Å². The fourth-order valence-electron chi connectivity index (χ4n) is 3.71. The van der Waals surface area contributed by atoms with Crippen LogP contribution in [-0.4, -0.2) is 5.91 Å². The Bertz CT molecular complexity index is 769. The minimum atomic E-state index is 0.0324. The van der Waals surface area contributed by atoms with E-state index in [1.54, 1.807) is 0 Å². The number of allylic oxidation sites excluding steroid dienone is 2. The molecule has 0 atom stereocenters. The van der Waals surface area contributed by atoms with Crippen LogP contribution in [0.3, 0.4) is 0 Å². The van der Waals surface area contributed by atoms with Crippen LogP contribution in [-0.2, 0) is 5.41 Å². The summed E-state index contributed by atoms with van der Waals surface area (Å²) in [7, 11) is 0. The van der Waals surface area contributed by atoms with E-state index in [4.69, 9.17) is 0 Å². The van der Waals surface area contributed by atoms with E-state index in [0.29, 0.717) is 0 Å². The maximum atomic E-state index is 12.5. The van der Waals surface area contributed by atoms with Crippen LogP contribution in [0.2, 0.25) is 0 Å². The van der Waals surface area contributed by atoms with E-state index in [-0.39, 0.29) is 11.3 Å². The molecule has 1 heterocycles. The van der Waals surface area contributed by atoms with E-state index >= 15 is 0 Å². The standard InChI is InChI=1S/C20H19NO/c1-2-15(14-8-4-3-5-9-14)18-20(12-13-20)17-11-7-6-10-16(17)19(22)21-18/h3-11H,2,12-13H2,1H3,(H,21,22)/b18-15+. The van der Waals surface area contributed by atoms with E-state index < -0.39 is 0 Å². The number of hydrogen-bond acceptors (Lipinski definition) is 1. The topological polar surface area (TPSA) is 29.1 Å². The molecule has 1 spiro atoms. The molecule has 22 heavy (non-hydrogen) atoms. The molecule has 0 bridgehead atoms. The number of rotatable bonds is 2. The zero-order valence-electron chi connectivity index (χ0n) is 12.7. The third kappa shape index (κ3) is 1.83. The van der Waals surface area contributed by atoms with Gasteiger partial charge >= 0.3 is 0 Å². The number of fused-ring (bicyclic) bond motifs is 2. The van der Waals surface area contributed by atoms with Gasteiger partial charge in [0, 0.05) is 16.7 Å². The lowest BCUT2D eigenvalue weighted by Crippen LogP contribution is -2.38. The maximum Gasteiger partial charge on any atom is 0.255 e. The number of benzene rings is 2. The molecule has 2 aromatic carbocycles. The monoisotopic (exact) mass is 289 g/mol. The summed E-state index contributed by atoms with van der Waals surface area (Å²) in [5, 5.41) is 3.22. The van der Waals surface area contributed by atoms with Gasteiger partial charge in [0.25, 0.3) is 5.91 Å². The first-order chi connectivity index (χ1) is 10.8. The van der Waals surface area contributed by atoms with Gasteiger partial charge in [-0.15, -0.1) is 0 Å². The van der Waals surface area contributed by atoms with Gasteiger partial charge in [-0.05, 0) is 42.0 Å². The van der Waals surface area contributed by atoms with Crippen LogP contribution in [0.4, 0.5) is 0 Å². The first-order valence-corrected chi connectivity index (χ1v) is 7.96. The number of amides is 1. The Morgan fingerprint density at radius 3 is 2.41 bits per heavy atom. The largest absolute Gasteiger partial charge is 0.324 e. The lowest BCUT2D eigenvalue weighted by molar-refractivity contribution is 0.0954. The summed E-state index contributed by atoms with van der Waals surface area (Å²) in [5.41, 5.74) is 5.69. The highest BCUT2D eigenvalue weighted by molar-refractivity contribution is 6.01. The van der Waals surface area contributed by atoms with Crippen molar-refractivity contribution in [2.75, 3.05) is 0 Å². The summed E-state index contributed by atoms with van der Waals surface area (Å²) in [6, 6.07) is 18.5. The summed E-state index contributed by atoms with van der Waals surface area (Å²) in [5.74, 6) is 0.0324. The Morgan fingerprint density at radius 1 is 1.05 bits per heavy atom. The van der Waals surface area contributed by atoms with Gasteiger partial charge in [-0.3, -0.25) is 4.79 Å². The quantitative estimate of drug-likeness (QED) is 0.878. The van der Waals surface area contributed by atoms with E-state index in [9.17, 15) is 4.79 Å². The lowest BCUT2D eigenvalue weighted by atomic mass is 9.81. The van der Waals surface area contributed by atoms with Gasteiger partial charge < -0.3 is 5.32 Å². The second kappa shape index (κ2) is 4.84. The number of carbonyl (C=O) groups is 1. The smallest absolute Gasteiger partial charge is 0.255 e. The second-order valence-corrected chi connectivity index (χ2v) is 6.15. The van der Waals surface area contributed by atoms with Gasteiger partial charge in [-0.25, -0.2) is 0 Å². The van der Waals surface area contributed by atoms with E-state index in [1.165, 1.54) is 16.7 Å². The lowest BCUT2D eigenvalue weighted by Gasteiger charge is -2.31. The van der Waals surface area contributed by atoms with Gasteiger partial charge in [0.1, 0.15) is 0 Å². The molecule has 0 radical (unpaired) electrons. The molecule has 2 nitrogen and oxygen atoms in total. The van der Waals surface area contributed by atoms with Crippen molar-refractivity contribution in [3.05, 3.63) is 77.0 Å². The van der Waals surface area contributed by atoms with E-state index in [2.05, 4.69) is 42.6 Å². The molecule has 2 aromatic rings. The van der Waals surface area contributed by atoms with E-state index in [0.717, 1.165) is 30.5 Å². The van der Waals surface area contributed by atoms with Crippen LogP contribution in [0.5, 0.6) is 0 Å². The van der Waals surface area contributed by atoms with Crippen LogP contribution in [0.15, 0.2) is 60.3 Å². The Kier molecular flexibility index (Phi) is 2.93. The van der Waals surface area contributed by atoms with Crippen LogP contribution in [0.1, 0.15) is 47.7 Å². The molecule has 110 valence electrons. The summed E-state index contributed by atoms with van der Waals surface area (Å²) >= 11 is 0. The Morgan fingerprint density at radius 2 is 1.73 bits per heavy atom. The predicted molar refractivity (Wildman–Crippen MR) is 88.5 cm³/mol. The molecule has 2 aliphatic rings. The molecular formula is C20H19NO. The first kappa shape index (κ1) is 13.3. The Hall–Kier alpha value is -2.35. The average Bonchev–Trinajstić information content (AvgIpc) is 3.36. The Labute approximate surface area is 130 Å². The van der Waals surface area contributed by atoms with Crippen molar-refractivity contribution in [1.82, 2.24) is 5.32 Å². The normalized spacial score (nSPS) is 20.3. The van der Waals surface area contributed by atoms with Crippen molar-refractivity contribution in [1.29, 1.82) is 0 Å². The highest BCUT2D eigenvalue weighted by atomic mass is 16.1. The molecule has 4 rings (SSSR count). The fraction of sp³-hybridized carbons (Fsp3) is 0.250. The van der Waals surface area contributed by atoms with Crippen LogP contribution in [0.25, 0.3) is 5.57 Å². The molecule has 1 saturated carbocycles. The summed E-state index contributed by atoms with van der Waals surface area (Å²) < 4.78 is 0. The number of carbonyl (C=O) groups excluding carboxylic acids is 1. The third-order valence-electron chi connectivity index (χ3n) is 4.93. The van der Waals surface area contributed by atoms with Gasteiger partial charge in [0.2, 0.25) is 0 Å². The predicted octanol–water partition coefficient (Wildman–Crippen LogP) is 4.28. The highest BCUT2D eigenvalue weighted by Crippen LogP contribution is 2.57. The summed E-state index contributed by atoms with van der Waals surface area (Å²) in [6.07, 6.45) is 3.16. The van der Waals surface area contributed by atoms with Crippen LogP contribution < -0.4 is 5.32 Å². The minimum Gasteiger partial charge on any atom is -0.324 e. The maximum absolute atomic E-state index is 12.5. The van der Waals surface area contributed by atoms with Crippen LogP contribution in [0, 0.1) is 0 Å². The summed E-state index contributed by atoms with van der Waals surface area (Å²) in [4.78, 5) is 12.5. The molecule has 0 aromatic heterocycles.